The lowest BCUT2D eigenvalue weighted by Crippen LogP contribution is -2.37. The van der Waals surface area contributed by atoms with Crippen LogP contribution < -0.4 is 10.2 Å². The molecule has 1 aromatic rings. The van der Waals surface area contributed by atoms with Crippen molar-refractivity contribution in [2.24, 2.45) is 0 Å². The molecule has 0 saturated heterocycles. The van der Waals surface area contributed by atoms with Gasteiger partial charge in [0.1, 0.15) is 6.54 Å². The lowest BCUT2D eigenvalue weighted by molar-refractivity contribution is -0.147. The van der Waals surface area contributed by atoms with Crippen LogP contribution >= 0.6 is 0 Å². The smallest absolute Gasteiger partial charge is 0.326 e. The highest BCUT2D eigenvalue weighted by molar-refractivity contribution is 5.82. The first kappa shape index (κ1) is 16.9. The van der Waals surface area contributed by atoms with Crippen LogP contribution in [0.2, 0.25) is 0 Å². The molecule has 0 saturated carbocycles. The maximum atomic E-state index is 11.6. The van der Waals surface area contributed by atoms with Gasteiger partial charge in [0.15, 0.2) is 6.61 Å². The highest BCUT2D eigenvalue weighted by Gasteiger charge is 2.13. The van der Waals surface area contributed by atoms with E-state index in [1.165, 1.54) is 0 Å². The highest BCUT2D eigenvalue weighted by Crippen LogP contribution is 2.01. The van der Waals surface area contributed by atoms with E-state index in [2.05, 4.69) is 15.3 Å². The zero-order valence-electron chi connectivity index (χ0n) is 12.7. The Hall–Kier alpha value is -2.18. The first-order valence-electron chi connectivity index (χ1n) is 6.96. The van der Waals surface area contributed by atoms with Crippen LogP contribution in [0.3, 0.4) is 0 Å². The fraction of sp³-hybridized carbons (Fsp3) is 0.571. The maximum Gasteiger partial charge on any atom is 0.326 e. The van der Waals surface area contributed by atoms with Gasteiger partial charge in [0.05, 0.1) is 0 Å². The fourth-order valence-electron chi connectivity index (χ4n) is 1.77. The molecule has 0 aliphatic heterocycles. The van der Waals surface area contributed by atoms with Gasteiger partial charge < -0.3 is 15.0 Å². The molecule has 1 amide bonds. The maximum absolute atomic E-state index is 11.6. The van der Waals surface area contributed by atoms with E-state index in [-0.39, 0.29) is 25.1 Å². The Labute approximate surface area is 124 Å². The summed E-state index contributed by atoms with van der Waals surface area (Å²) in [5.41, 5.74) is 0. The van der Waals surface area contributed by atoms with E-state index in [0.717, 1.165) is 12.8 Å². The van der Waals surface area contributed by atoms with Crippen LogP contribution in [0.15, 0.2) is 18.5 Å². The molecule has 1 aromatic heterocycles. The number of likely N-dealkylation sites (N-methyl/N-ethyl adjacent to an activating group) is 1. The minimum Gasteiger partial charge on any atom is -0.454 e. The van der Waals surface area contributed by atoms with Gasteiger partial charge in [0.2, 0.25) is 5.95 Å². The number of carbonyl (C=O) groups is 2. The second-order valence-corrected chi connectivity index (χ2v) is 4.82. The highest BCUT2D eigenvalue weighted by atomic mass is 16.5. The zero-order chi connectivity index (χ0) is 15.7. The monoisotopic (exact) mass is 294 g/mol. The third-order valence-corrected chi connectivity index (χ3v) is 2.75. The Balaban J connectivity index is 2.29. The average Bonchev–Trinajstić information content (AvgIpc) is 2.46. The third kappa shape index (κ3) is 6.69. The van der Waals surface area contributed by atoms with Crippen LogP contribution in [0.1, 0.15) is 26.7 Å². The van der Waals surface area contributed by atoms with Crippen molar-refractivity contribution in [1.82, 2.24) is 15.3 Å². The molecule has 0 radical (unpaired) electrons. The van der Waals surface area contributed by atoms with E-state index >= 15 is 0 Å². The number of aromatic nitrogens is 2. The Bertz CT molecular complexity index is 453. The Morgan fingerprint density at radius 2 is 2.05 bits per heavy atom. The van der Waals surface area contributed by atoms with E-state index in [0.29, 0.717) is 5.95 Å². The van der Waals surface area contributed by atoms with Crippen molar-refractivity contribution in [3.63, 3.8) is 0 Å². The molecule has 0 aliphatic rings. The van der Waals surface area contributed by atoms with Crippen molar-refractivity contribution in [2.75, 3.05) is 25.1 Å². The van der Waals surface area contributed by atoms with Gasteiger partial charge in [-0.2, -0.15) is 0 Å². The molecule has 0 spiro atoms. The molecular formula is C14H22N4O3. The molecule has 1 rings (SSSR count). The minimum absolute atomic E-state index is 0.0121. The van der Waals surface area contributed by atoms with Crippen LogP contribution in [-0.4, -0.2) is 48.1 Å². The first-order valence-corrected chi connectivity index (χ1v) is 6.96. The van der Waals surface area contributed by atoms with Crippen LogP contribution in [0, 0.1) is 0 Å². The Kier molecular flexibility index (Phi) is 7.14. The summed E-state index contributed by atoms with van der Waals surface area (Å²) < 4.78 is 4.93. The van der Waals surface area contributed by atoms with E-state index in [4.69, 9.17) is 4.74 Å². The number of hydrogen-bond acceptors (Lipinski definition) is 6. The minimum atomic E-state index is -0.497. The largest absolute Gasteiger partial charge is 0.454 e. The first-order chi connectivity index (χ1) is 10.0. The standard InChI is InChI=1S/C14H22N4O3/c1-4-6-11(2)17-12(19)10-21-13(20)9-18(3)14-15-7-5-8-16-14/h5,7-8,11H,4,6,9-10H2,1-3H3,(H,17,19). The number of carbonyl (C=O) groups excluding carboxylic acids is 2. The van der Waals surface area contributed by atoms with Crippen LogP contribution in [0.5, 0.6) is 0 Å². The van der Waals surface area contributed by atoms with Crippen molar-refractivity contribution in [1.29, 1.82) is 0 Å². The summed E-state index contributed by atoms with van der Waals surface area (Å²) >= 11 is 0. The predicted molar refractivity (Wildman–Crippen MR) is 78.8 cm³/mol. The van der Waals surface area contributed by atoms with Crippen molar-refractivity contribution in [3.05, 3.63) is 18.5 Å². The van der Waals surface area contributed by atoms with Gasteiger partial charge in [0, 0.05) is 25.5 Å². The number of ether oxygens (including phenoxy) is 1. The summed E-state index contributed by atoms with van der Waals surface area (Å²) in [6.45, 7) is 3.69. The quantitative estimate of drug-likeness (QED) is 0.713. The molecule has 116 valence electrons. The van der Waals surface area contributed by atoms with Gasteiger partial charge in [-0.15, -0.1) is 0 Å². The number of hydrogen-bond donors (Lipinski definition) is 1. The summed E-state index contributed by atoms with van der Waals surface area (Å²) in [5, 5.41) is 2.77. The van der Waals surface area contributed by atoms with Crippen LogP contribution in [0.4, 0.5) is 5.95 Å². The van der Waals surface area contributed by atoms with E-state index in [1.807, 2.05) is 13.8 Å². The van der Waals surface area contributed by atoms with Gasteiger partial charge in [-0.05, 0) is 19.4 Å². The molecule has 21 heavy (non-hydrogen) atoms. The SMILES string of the molecule is CCCC(C)NC(=O)COC(=O)CN(C)c1ncccn1. The summed E-state index contributed by atoms with van der Waals surface area (Å²) in [7, 11) is 1.68. The molecule has 0 aromatic carbocycles. The Morgan fingerprint density at radius 3 is 2.67 bits per heavy atom. The number of esters is 1. The molecule has 1 heterocycles. The summed E-state index contributed by atoms with van der Waals surface area (Å²) in [4.78, 5) is 32.8. The molecule has 1 unspecified atom stereocenters. The number of nitrogens with zero attached hydrogens (tertiary/aromatic N) is 3. The molecule has 1 atom stereocenters. The van der Waals surface area contributed by atoms with E-state index < -0.39 is 5.97 Å². The molecule has 7 nitrogen and oxygen atoms in total. The molecule has 0 aliphatic carbocycles. The molecule has 7 heteroatoms. The molecule has 0 bridgehead atoms. The summed E-state index contributed by atoms with van der Waals surface area (Å²) in [5.74, 6) is -0.360. The number of amides is 1. The van der Waals surface area contributed by atoms with Crippen molar-refractivity contribution in [3.8, 4) is 0 Å². The van der Waals surface area contributed by atoms with Crippen LogP contribution in [-0.2, 0) is 14.3 Å². The fourth-order valence-corrected chi connectivity index (χ4v) is 1.77. The molecule has 1 N–H and O–H groups in total. The van der Waals surface area contributed by atoms with Gasteiger partial charge in [-0.25, -0.2) is 9.97 Å². The third-order valence-electron chi connectivity index (χ3n) is 2.75. The molecular weight excluding hydrogens is 272 g/mol. The van der Waals surface area contributed by atoms with Crippen molar-refractivity contribution < 1.29 is 14.3 Å². The van der Waals surface area contributed by atoms with Gasteiger partial charge >= 0.3 is 5.97 Å². The second-order valence-electron chi connectivity index (χ2n) is 4.82. The van der Waals surface area contributed by atoms with Crippen molar-refractivity contribution >= 4 is 17.8 Å². The van der Waals surface area contributed by atoms with E-state index in [1.54, 1.807) is 30.4 Å². The van der Waals surface area contributed by atoms with Crippen LogP contribution in [0.25, 0.3) is 0 Å². The van der Waals surface area contributed by atoms with Gasteiger partial charge in [-0.1, -0.05) is 13.3 Å². The second kappa shape index (κ2) is 8.89. The number of anilines is 1. The van der Waals surface area contributed by atoms with Gasteiger partial charge in [0.25, 0.3) is 5.91 Å². The lowest BCUT2D eigenvalue weighted by Gasteiger charge is -2.16. The normalized spacial score (nSPS) is 11.6. The summed E-state index contributed by atoms with van der Waals surface area (Å²) in [6, 6.07) is 1.78. The van der Waals surface area contributed by atoms with Gasteiger partial charge in [-0.3, -0.25) is 9.59 Å². The Morgan fingerprint density at radius 1 is 1.38 bits per heavy atom. The number of rotatable bonds is 8. The average molecular weight is 294 g/mol. The van der Waals surface area contributed by atoms with E-state index in [9.17, 15) is 9.59 Å². The topological polar surface area (TPSA) is 84.4 Å². The lowest BCUT2D eigenvalue weighted by atomic mass is 10.2. The van der Waals surface area contributed by atoms with Crippen molar-refractivity contribution in [2.45, 2.75) is 32.7 Å². The zero-order valence-corrected chi connectivity index (χ0v) is 12.7. The molecule has 0 fully saturated rings. The predicted octanol–water partition coefficient (Wildman–Crippen LogP) is 0.761. The summed E-state index contributed by atoms with van der Waals surface area (Å²) in [6.07, 6.45) is 5.07. The number of nitrogens with one attached hydrogen (secondary N) is 1.